The van der Waals surface area contributed by atoms with Crippen molar-refractivity contribution in [1.29, 1.82) is 0 Å². The molecule has 1 rings (SSSR count). The first kappa shape index (κ1) is 11.2. The SMILES string of the molecule is COC(=O)c1ccc([C@H](O)CCN)s1. The second kappa shape index (κ2) is 5.09. The fourth-order valence-corrected chi connectivity index (χ4v) is 1.99. The smallest absolute Gasteiger partial charge is 0.348 e. The summed E-state index contributed by atoms with van der Waals surface area (Å²) in [6.45, 7) is 0.423. The normalized spacial score (nSPS) is 12.5. The number of nitrogens with two attached hydrogens (primary N) is 1. The maximum Gasteiger partial charge on any atom is 0.348 e. The summed E-state index contributed by atoms with van der Waals surface area (Å²) < 4.78 is 4.55. The summed E-state index contributed by atoms with van der Waals surface area (Å²) in [5.74, 6) is -0.374. The van der Waals surface area contributed by atoms with Gasteiger partial charge in [0.2, 0.25) is 0 Å². The lowest BCUT2D eigenvalue weighted by Gasteiger charge is -2.04. The van der Waals surface area contributed by atoms with Crippen molar-refractivity contribution in [2.45, 2.75) is 12.5 Å². The predicted molar refractivity (Wildman–Crippen MR) is 54.3 cm³/mol. The van der Waals surface area contributed by atoms with Crippen LogP contribution in [0.25, 0.3) is 0 Å². The molecule has 1 heterocycles. The van der Waals surface area contributed by atoms with E-state index in [0.29, 0.717) is 17.8 Å². The van der Waals surface area contributed by atoms with Gasteiger partial charge in [-0.3, -0.25) is 0 Å². The van der Waals surface area contributed by atoms with Gasteiger partial charge in [-0.25, -0.2) is 4.79 Å². The number of hydrogen-bond acceptors (Lipinski definition) is 5. The highest BCUT2D eigenvalue weighted by atomic mass is 32.1. The van der Waals surface area contributed by atoms with Crippen LogP contribution in [0.15, 0.2) is 12.1 Å². The fourth-order valence-electron chi connectivity index (χ4n) is 1.04. The molecule has 0 aliphatic rings. The summed E-state index contributed by atoms with van der Waals surface area (Å²) in [5.41, 5.74) is 5.31. The number of methoxy groups -OCH3 is 1. The summed E-state index contributed by atoms with van der Waals surface area (Å²) in [6, 6.07) is 3.36. The number of aliphatic hydroxyl groups excluding tert-OH is 1. The molecule has 0 fully saturated rings. The van der Waals surface area contributed by atoms with Gasteiger partial charge in [-0.2, -0.15) is 0 Å². The van der Waals surface area contributed by atoms with Crippen molar-refractivity contribution < 1.29 is 14.6 Å². The van der Waals surface area contributed by atoms with Crippen LogP contribution in [0.2, 0.25) is 0 Å². The average Bonchev–Trinajstić information content (AvgIpc) is 2.66. The molecule has 1 atom stereocenters. The van der Waals surface area contributed by atoms with Crippen molar-refractivity contribution in [2.24, 2.45) is 5.73 Å². The van der Waals surface area contributed by atoms with E-state index in [4.69, 9.17) is 5.73 Å². The summed E-state index contributed by atoms with van der Waals surface area (Å²) in [6.07, 6.45) is -0.0791. The highest BCUT2D eigenvalue weighted by molar-refractivity contribution is 7.14. The predicted octanol–water partition coefficient (Wildman–Crippen LogP) is 0.917. The van der Waals surface area contributed by atoms with Gasteiger partial charge in [0.05, 0.1) is 13.2 Å². The minimum absolute atomic E-state index is 0.374. The van der Waals surface area contributed by atoms with Crippen LogP contribution in [0, 0.1) is 0 Å². The zero-order chi connectivity index (χ0) is 10.6. The molecule has 4 nitrogen and oxygen atoms in total. The number of esters is 1. The number of aliphatic hydroxyl groups is 1. The molecule has 0 aliphatic heterocycles. The summed E-state index contributed by atoms with van der Waals surface area (Å²) >= 11 is 1.23. The Morgan fingerprint density at radius 1 is 1.71 bits per heavy atom. The lowest BCUT2D eigenvalue weighted by molar-refractivity contribution is 0.0606. The van der Waals surface area contributed by atoms with Crippen LogP contribution in [0.5, 0.6) is 0 Å². The zero-order valence-electron chi connectivity index (χ0n) is 7.90. The first-order chi connectivity index (χ1) is 6.69. The van der Waals surface area contributed by atoms with Gasteiger partial charge in [0, 0.05) is 4.88 Å². The van der Waals surface area contributed by atoms with Crippen molar-refractivity contribution >= 4 is 17.3 Å². The first-order valence-corrected chi connectivity index (χ1v) is 5.07. The van der Waals surface area contributed by atoms with E-state index in [9.17, 15) is 9.90 Å². The van der Waals surface area contributed by atoms with Crippen LogP contribution in [0.3, 0.4) is 0 Å². The van der Waals surface area contributed by atoms with Crippen LogP contribution in [0.4, 0.5) is 0 Å². The molecule has 0 aromatic carbocycles. The van der Waals surface area contributed by atoms with E-state index >= 15 is 0 Å². The minimum atomic E-state index is -0.580. The molecule has 78 valence electrons. The number of carbonyl (C=O) groups excluding carboxylic acids is 1. The number of ether oxygens (including phenoxy) is 1. The minimum Gasteiger partial charge on any atom is -0.465 e. The van der Waals surface area contributed by atoms with Crippen LogP contribution >= 0.6 is 11.3 Å². The molecular formula is C9H13NO3S. The van der Waals surface area contributed by atoms with E-state index < -0.39 is 6.10 Å². The lowest BCUT2D eigenvalue weighted by atomic mass is 10.2. The molecule has 0 saturated carbocycles. The fraction of sp³-hybridized carbons (Fsp3) is 0.444. The number of hydrogen-bond donors (Lipinski definition) is 2. The Balaban J connectivity index is 2.72. The molecule has 0 bridgehead atoms. The van der Waals surface area contributed by atoms with Gasteiger partial charge in [-0.05, 0) is 25.1 Å². The Kier molecular flexibility index (Phi) is 4.06. The van der Waals surface area contributed by atoms with Gasteiger partial charge >= 0.3 is 5.97 Å². The molecule has 3 N–H and O–H groups in total. The monoisotopic (exact) mass is 215 g/mol. The van der Waals surface area contributed by atoms with Gasteiger partial charge in [0.25, 0.3) is 0 Å². The van der Waals surface area contributed by atoms with Crippen molar-refractivity contribution in [2.75, 3.05) is 13.7 Å². The lowest BCUT2D eigenvalue weighted by Crippen LogP contribution is -2.05. The molecule has 14 heavy (non-hydrogen) atoms. The summed E-state index contributed by atoms with van der Waals surface area (Å²) in [5, 5.41) is 9.57. The van der Waals surface area contributed by atoms with Crippen LogP contribution in [-0.2, 0) is 4.74 Å². The summed E-state index contributed by atoms with van der Waals surface area (Å²) in [4.78, 5) is 12.3. The van der Waals surface area contributed by atoms with E-state index in [-0.39, 0.29) is 5.97 Å². The van der Waals surface area contributed by atoms with Crippen molar-refractivity contribution in [3.05, 3.63) is 21.9 Å². The number of rotatable bonds is 4. The van der Waals surface area contributed by atoms with Crippen molar-refractivity contribution in [3.63, 3.8) is 0 Å². The summed E-state index contributed by atoms with van der Waals surface area (Å²) in [7, 11) is 1.33. The third-order valence-corrected chi connectivity index (χ3v) is 2.95. The molecule has 0 saturated heterocycles. The largest absolute Gasteiger partial charge is 0.465 e. The van der Waals surface area contributed by atoms with Crippen molar-refractivity contribution in [1.82, 2.24) is 0 Å². The molecular weight excluding hydrogens is 202 g/mol. The molecule has 0 unspecified atom stereocenters. The molecule has 0 radical (unpaired) electrons. The first-order valence-electron chi connectivity index (χ1n) is 4.25. The highest BCUT2D eigenvalue weighted by Gasteiger charge is 2.13. The second-order valence-electron chi connectivity index (χ2n) is 2.79. The Hall–Kier alpha value is -0.910. The number of carbonyl (C=O) groups is 1. The highest BCUT2D eigenvalue weighted by Crippen LogP contribution is 2.25. The molecule has 0 aliphatic carbocycles. The van der Waals surface area contributed by atoms with Crippen molar-refractivity contribution in [3.8, 4) is 0 Å². The van der Waals surface area contributed by atoms with Crippen LogP contribution in [-0.4, -0.2) is 24.7 Å². The van der Waals surface area contributed by atoms with Gasteiger partial charge in [-0.1, -0.05) is 0 Å². The molecule has 5 heteroatoms. The third-order valence-electron chi connectivity index (χ3n) is 1.78. The van der Waals surface area contributed by atoms with E-state index in [2.05, 4.69) is 4.74 Å². The van der Waals surface area contributed by atoms with Gasteiger partial charge in [-0.15, -0.1) is 11.3 Å². The Morgan fingerprint density at radius 3 is 3.00 bits per heavy atom. The molecule has 0 amide bonds. The Labute approximate surface area is 86.3 Å². The van der Waals surface area contributed by atoms with E-state index in [0.717, 1.165) is 4.88 Å². The van der Waals surface area contributed by atoms with Gasteiger partial charge in [0.15, 0.2) is 0 Å². The maximum absolute atomic E-state index is 11.1. The maximum atomic E-state index is 11.1. The molecule has 0 spiro atoms. The quantitative estimate of drug-likeness (QED) is 0.732. The Morgan fingerprint density at radius 2 is 2.43 bits per heavy atom. The van der Waals surface area contributed by atoms with E-state index in [1.54, 1.807) is 12.1 Å². The molecule has 1 aromatic heterocycles. The van der Waals surface area contributed by atoms with Gasteiger partial charge in [0.1, 0.15) is 4.88 Å². The van der Waals surface area contributed by atoms with Crippen LogP contribution < -0.4 is 5.73 Å². The third kappa shape index (κ3) is 2.54. The standard InChI is InChI=1S/C9H13NO3S/c1-13-9(12)8-3-2-7(14-8)6(11)4-5-10/h2-3,6,11H,4-5,10H2,1H3/t6-/m1/s1. The number of thiophene rings is 1. The molecule has 1 aromatic rings. The van der Waals surface area contributed by atoms with E-state index in [1.807, 2.05) is 0 Å². The topological polar surface area (TPSA) is 72.5 Å². The second-order valence-corrected chi connectivity index (χ2v) is 3.90. The van der Waals surface area contributed by atoms with Crippen LogP contribution in [0.1, 0.15) is 27.1 Å². The zero-order valence-corrected chi connectivity index (χ0v) is 8.71. The average molecular weight is 215 g/mol. The van der Waals surface area contributed by atoms with Gasteiger partial charge < -0.3 is 15.6 Å². The van der Waals surface area contributed by atoms with E-state index in [1.165, 1.54) is 18.4 Å². The Bertz CT molecular complexity index is 311.